The molecule has 0 spiro atoms. The highest BCUT2D eigenvalue weighted by Crippen LogP contribution is 2.32. The Morgan fingerprint density at radius 2 is 2.00 bits per heavy atom. The highest BCUT2D eigenvalue weighted by Gasteiger charge is 2.47. The number of ether oxygens (including phenoxy) is 2. The Morgan fingerprint density at radius 3 is 2.52 bits per heavy atom. The van der Waals surface area contributed by atoms with Crippen LogP contribution in [0.5, 0.6) is 5.75 Å². The third kappa shape index (κ3) is 4.90. The summed E-state index contributed by atoms with van der Waals surface area (Å²) < 4.78 is 10.5. The first kappa shape index (κ1) is 21.0. The van der Waals surface area contributed by atoms with E-state index >= 15 is 0 Å². The fourth-order valence-corrected chi connectivity index (χ4v) is 2.95. The highest BCUT2D eigenvalue weighted by atomic mass is 32.2. The zero-order valence-corrected chi connectivity index (χ0v) is 16.6. The second kappa shape index (κ2) is 7.75. The van der Waals surface area contributed by atoms with Crippen LogP contribution in [-0.2, 0) is 9.53 Å². The van der Waals surface area contributed by atoms with Gasteiger partial charge in [0.2, 0.25) is 5.96 Å². The number of carbonyl (C=O) groups is 2. The zero-order chi connectivity index (χ0) is 20.4. The number of rotatable bonds is 3. The van der Waals surface area contributed by atoms with Crippen molar-refractivity contribution in [2.75, 3.05) is 11.2 Å². The number of nitrogens with zero attached hydrogens (tertiary/aromatic N) is 1. The summed E-state index contributed by atoms with van der Waals surface area (Å²) in [6, 6.07) is 6.43. The molecule has 0 radical (unpaired) electrons. The summed E-state index contributed by atoms with van der Waals surface area (Å²) in [5, 5.41) is 10.2. The van der Waals surface area contributed by atoms with E-state index in [1.165, 1.54) is 16.7 Å². The van der Waals surface area contributed by atoms with Crippen molar-refractivity contribution in [3.8, 4) is 5.75 Å². The van der Waals surface area contributed by atoms with Crippen molar-refractivity contribution in [2.24, 2.45) is 11.5 Å². The number of anilines is 1. The molecule has 1 amide bonds. The number of hydrogen-bond donors (Lipinski definition) is 4. The fourth-order valence-electron chi connectivity index (χ4n) is 2.53. The van der Waals surface area contributed by atoms with E-state index in [9.17, 15) is 9.59 Å². The third-order valence-electron chi connectivity index (χ3n) is 3.72. The number of guanidine groups is 1. The first-order chi connectivity index (χ1) is 12.5. The van der Waals surface area contributed by atoms with Crippen LogP contribution in [0.3, 0.4) is 0 Å². The van der Waals surface area contributed by atoms with Crippen LogP contribution in [0.2, 0.25) is 0 Å². The Balaban J connectivity index is 2.40. The number of amides is 1. The lowest BCUT2D eigenvalue weighted by Gasteiger charge is -2.42. The maximum Gasteiger partial charge on any atom is 0.414 e. The molecule has 1 aromatic carbocycles. The molecule has 27 heavy (non-hydrogen) atoms. The van der Waals surface area contributed by atoms with Gasteiger partial charge in [0.25, 0.3) is 0 Å². The minimum Gasteiger partial charge on any atom is -0.444 e. The number of thioether (sulfide) groups is 1. The minimum absolute atomic E-state index is 0.0101. The molecule has 6 N–H and O–H groups in total. The van der Waals surface area contributed by atoms with Gasteiger partial charge in [-0.25, -0.2) is 9.59 Å². The Morgan fingerprint density at radius 1 is 1.41 bits per heavy atom. The van der Waals surface area contributed by atoms with Crippen molar-refractivity contribution in [3.05, 3.63) is 24.3 Å². The van der Waals surface area contributed by atoms with Gasteiger partial charge < -0.3 is 15.2 Å². The molecule has 148 valence electrons. The number of esters is 1. The van der Waals surface area contributed by atoms with Crippen LogP contribution < -0.4 is 26.4 Å². The second-order valence-electron chi connectivity index (χ2n) is 7.10. The Kier molecular flexibility index (Phi) is 6.03. The van der Waals surface area contributed by atoms with Crippen molar-refractivity contribution in [1.82, 2.24) is 5.32 Å². The quantitative estimate of drug-likeness (QED) is 0.198. The van der Waals surface area contributed by atoms with Crippen molar-refractivity contribution >= 4 is 35.5 Å². The molecular formula is C17H25N5O4S. The summed E-state index contributed by atoms with van der Waals surface area (Å²) in [5.74, 6) is -0.863. The van der Waals surface area contributed by atoms with Gasteiger partial charge in [-0.15, -0.1) is 11.8 Å². The molecular weight excluding hydrogens is 370 g/mol. The number of alkyl carbamates (subject to hydrolysis) is 1. The van der Waals surface area contributed by atoms with Crippen LogP contribution in [0.25, 0.3) is 0 Å². The van der Waals surface area contributed by atoms with E-state index in [0.29, 0.717) is 11.4 Å². The maximum absolute atomic E-state index is 12.8. The molecule has 9 nitrogen and oxygen atoms in total. The summed E-state index contributed by atoms with van der Waals surface area (Å²) in [7, 11) is 0. The van der Waals surface area contributed by atoms with Crippen LogP contribution in [0.4, 0.5) is 10.5 Å². The van der Waals surface area contributed by atoms with Gasteiger partial charge in [0.1, 0.15) is 11.4 Å². The molecule has 2 aliphatic heterocycles. The third-order valence-corrected chi connectivity index (χ3v) is 4.49. The molecule has 2 bridgehead atoms. The van der Waals surface area contributed by atoms with Crippen LogP contribution in [0, 0.1) is 5.41 Å². The predicted molar refractivity (Wildman–Crippen MR) is 105 cm³/mol. The Bertz CT molecular complexity index is 734. The van der Waals surface area contributed by atoms with Crippen molar-refractivity contribution in [1.29, 1.82) is 5.41 Å². The van der Waals surface area contributed by atoms with Gasteiger partial charge in [-0.1, -0.05) is 0 Å². The molecule has 0 aromatic heterocycles. The van der Waals surface area contributed by atoms with Gasteiger partial charge >= 0.3 is 12.1 Å². The second-order valence-corrected chi connectivity index (χ2v) is 8.17. The summed E-state index contributed by atoms with van der Waals surface area (Å²) >= 11 is 1.32. The summed E-state index contributed by atoms with van der Waals surface area (Å²) in [5.41, 5.74) is 10.3. The lowest BCUT2D eigenvalue weighted by molar-refractivity contribution is -0.140. The molecule has 0 fully saturated rings. The van der Waals surface area contributed by atoms with E-state index in [4.69, 9.17) is 26.4 Å². The van der Waals surface area contributed by atoms with Gasteiger partial charge in [0.15, 0.2) is 5.66 Å². The van der Waals surface area contributed by atoms with Crippen LogP contribution in [-0.4, -0.2) is 40.9 Å². The van der Waals surface area contributed by atoms with Gasteiger partial charge in [-0.3, -0.25) is 21.4 Å². The molecule has 1 aromatic rings. The average molecular weight is 395 g/mol. The lowest BCUT2D eigenvalue weighted by Crippen LogP contribution is -2.69. The monoisotopic (exact) mass is 395 g/mol. The largest absolute Gasteiger partial charge is 0.444 e. The van der Waals surface area contributed by atoms with E-state index in [2.05, 4.69) is 5.32 Å². The number of nitrogens with two attached hydrogens (primary N) is 2. The van der Waals surface area contributed by atoms with E-state index in [-0.39, 0.29) is 6.42 Å². The molecule has 3 rings (SSSR count). The summed E-state index contributed by atoms with van der Waals surface area (Å²) in [6.45, 7) is 5.10. The number of benzene rings is 1. The normalized spacial score (nSPS) is 20.4. The van der Waals surface area contributed by atoms with E-state index in [1.807, 2.05) is 0 Å². The summed E-state index contributed by atoms with van der Waals surface area (Å²) in [6.07, 6.45) is 0.935. The van der Waals surface area contributed by atoms with E-state index in [1.54, 1.807) is 51.3 Å². The minimum atomic E-state index is -1.79. The molecule has 2 unspecified atom stereocenters. The molecule has 0 aliphatic carbocycles. The summed E-state index contributed by atoms with van der Waals surface area (Å²) in [4.78, 5) is 26.1. The Labute approximate surface area is 162 Å². The fraction of sp³-hybridized carbons (Fsp3) is 0.471. The molecule has 0 saturated heterocycles. The van der Waals surface area contributed by atoms with Gasteiger partial charge in [0, 0.05) is 12.1 Å². The smallest absolute Gasteiger partial charge is 0.414 e. The van der Waals surface area contributed by atoms with Crippen molar-refractivity contribution in [3.63, 3.8) is 0 Å². The van der Waals surface area contributed by atoms with Crippen molar-refractivity contribution in [2.45, 2.75) is 43.8 Å². The predicted octanol–water partition coefficient (Wildman–Crippen LogP) is 1.56. The molecule has 2 aliphatic rings. The topological polar surface area (TPSA) is 144 Å². The Hall–Kier alpha value is -2.30. The molecule has 10 heteroatoms. The number of carbonyl (C=O) groups excluding carboxylic acids is 2. The maximum atomic E-state index is 12.8. The number of nitrogens with one attached hydrogen (secondary N) is 2. The number of hydrogen-bond acceptors (Lipinski definition) is 8. The standard InChI is InChI=1S/C17H25N5O4S/c1-16(2,3)26-15(24)21-14(19)22-10-5-7-11(8-6-10)25-13(23)17(22,20)9-12(18)27-4/h5-8,12H,9,18,20H2,1-4H3,(H2,19,21,24). The number of fused-ring (bicyclic) bond motifs is 5. The SMILES string of the molecule is CSC(N)CC1(N)C(=O)Oc2ccc(cc2)N1C(=N)NC(=O)OC(C)(C)C. The van der Waals surface area contributed by atoms with Gasteiger partial charge in [-0.05, 0) is 51.3 Å². The molecule has 2 heterocycles. The van der Waals surface area contributed by atoms with Crippen LogP contribution in [0.15, 0.2) is 24.3 Å². The van der Waals surface area contributed by atoms with Gasteiger partial charge in [0.05, 0.1) is 5.37 Å². The van der Waals surface area contributed by atoms with Crippen LogP contribution >= 0.6 is 11.8 Å². The van der Waals surface area contributed by atoms with E-state index < -0.39 is 34.7 Å². The zero-order valence-electron chi connectivity index (χ0n) is 15.7. The van der Waals surface area contributed by atoms with Crippen LogP contribution in [0.1, 0.15) is 27.2 Å². The molecule has 0 saturated carbocycles. The highest BCUT2D eigenvalue weighted by molar-refractivity contribution is 7.99. The first-order valence-electron chi connectivity index (χ1n) is 8.24. The average Bonchev–Trinajstić information content (AvgIpc) is 2.53. The van der Waals surface area contributed by atoms with E-state index in [0.717, 1.165) is 0 Å². The first-order valence-corrected chi connectivity index (χ1v) is 9.53. The van der Waals surface area contributed by atoms with Gasteiger partial charge in [-0.2, -0.15) is 0 Å². The molecule has 2 atom stereocenters. The van der Waals surface area contributed by atoms with Crippen molar-refractivity contribution < 1.29 is 19.1 Å². The lowest BCUT2D eigenvalue weighted by atomic mass is 10.0.